The third-order valence-corrected chi connectivity index (χ3v) is 5.18. The second-order valence-electron chi connectivity index (χ2n) is 6.29. The summed E-state index contributed by atoms with van der Waals surface area (Å²) in [5.41, 5.74) is -2.31. The molecule has 1 N–H and O–H groups in total. The molecule has 3 aromatic rings. The van der Waals surface area contributed by atoms with E-state index in [4.69, 9.17) is 16.3 Å². The van der Waals surface area contributed by atoms with Crippen LogP contribution in [-0.2, 0) is 10.1 Å². The number of benzene rings is 3. The third kappa shape index (κ3) is 6.46. The molecule has 3 rings (SSSR count). The Labute approximate surface area is 191 Å². The minimum Gasteiger partial charge on any atom is -0.409 e. The van der Waals surface area contributed by atoms with Gasteiger partial charge in [0.2, 0.25) is 0 Å². The van der Waals surface area contributed by atoms with Gasteiger partial charge in [-0.05, 0) is 48.5 Å². The zero-order chi connectivity index (χ0) is 24.1. The average Bonchev–Trinajstić information content (AvgIpc) is 2.76. The fourth-order valence-corrected chi connectivity index (χ4v) is 3.05. The minimum atomic E-state index is -5.81. The molecular weight excluding hydrogens is 485 g/mol. The molecule has 0 spiro atoms. The SMILES string of the molecule is O=C(NN=C(c1ccc(Cl)cc1)c1ccc(OS(=O)(=O)C(F)(F)F)cc1)Oc1ccccc1. The molecule has 0 aliphatic rings. The molecule has 0 heterocycles. The maximum absolute atomic E-state index is 12.5. The quantitative estimate of drug-likeness (QED) is 0.221. The van der Waals surface area contributed by atoms with Gasteiger partial charge < -0.3 is 8.92 Å². The van der Waals surface area contributed by atoms with E-state index in [0.29, 0.717) is 16.1 Å². The first-order valence-corrected chi connectivity index (χ1v) is 10.8. The molecule has 0 saturated heterocycles. The fourth-order valence-electron chi connectivity index (χ4n) is 2.47. The molecule has 0 aromatic heterocycles. The van der Waals surface area contributed by atoms with E-state index in [0.717, 1.165) is 12.1 Å². The van der Waals surface area contributed by atoms with Gasteiger partial charge in [0.15, 0.2) is 0 Å². The molecule has 12 heteroatoms. The van der Waals surface area contributed by atoms with E-state index in [-0.39, 0.29) is 11.5 Å². The van der Waals surface area contributed by atoms with Gasteiger partial charge >= 0.3 is 21.7 Å². The van der Waals surface area contributed by atoms with Crippen molar-refractivity contribution in [3.8, 4) is 11.5 Å². The molecular formula is C21H14ClF3N2O5S. The summed E-state index contributed by atoms with van der Waals surface area (Å²) in [4.78, 5) is 12.1. The summed E-state index contributed by atoms with van der Waals surface area (Å²) in [6.45, 7) is 0. The predicted molar refractivity (Wildman–Crippen MR) is 115 cm³/mol. The first kappa shape index (κ1) is 24.1. The van der Waals surface area contributed by atoms with Crippen LogP contribution in [0.1, 0.15) is 11.1 Å². The van der Waals surface area contributed by atoms with Gasteiger partial charge in [-0.1, -0.05) is 41.9 Å². The molecule has 0 bridgehead atoms. The molecule has 0 saturated carbocycles. The number of carbonyl (C=O) groups is 1. The number of para-hydroxylation sites is 1. The number of nitrogens with zero attached hydrogens (tertiary/aromatic N) is 1. The normalized spacial score (nSPS) is 12.2. The van der Waals surface area contributed by atoms with E-state index in [1.165, 1.54) is 12.1 Å². The number of hydrazone groups is 1. The smallest absolute Gasteiger partial charge is 0.409 e. The molecule has 33 heavy (non-hydrogen) atoms. The minimum absolute atomic E-state index is 0.196. The molecule has 172 valence electrons. The highest BCUT2D eigenvalue weighted by Gasteiger charge is 2.48. The lowest BCUT2D eigenvalue weighted by Gasteiger charge is -2.11. The second-order valence-corrected chi connectivity index (χ2v) is 8.26. The van der Waals surface area contributed by atoms with Crippen LogP contribution in [0.4, 0.5) is 18.0 Å². The van der Waals surface area contributed by atoms with Crippen molar-refractivity contribution in [3.05, 3.63) is 95.0 Å². The Kier molecular flexibility index (Phi) is 7.24. The maximum Gasteiger partial charge on any atom is 0.534 e. The zero-order valence-corrected chi connectivity index (χ0v) is 18.0. The van der Waals surface area contributed by atoms with Crippen molar-refractivity contribution in [1.82, 2.24) is 5.43 Å². The van der Waals surface area contributed by atoms with E-state index < -0.39 is 27.5 Å². The summed E-state index contributed by atoms with van der Waals surface area (Å²) < 4.78 is 69.1. The number of carbonyl (C=O) groups excluding carboxylic acids is 1. The number of hydrogen-bond donors (Lipinski definition) is 1. The van der Waals surface area contributed by atoms with E-state index in [2.05, 4.69) is 14.7 Å². The van der Waals surface area contributed by atoms with Crippen molar-refractivity contribution in [3.63, 3.8) is 0 Å². The molecule has 0 aliphatic carbocycles. The first-order valence-electron chi connectivity index (χ1n) is 9.03. The topological polar surface area (TPSA) is 94.1 Å². The lowest BCUT2D eigenvalue weighted by molar-refractivity contribution is -0.0500. The van der Waals surface area contributed by atoms with Crippen molar-refractivity contribution in [2.24, 2.45) is 5.10 Å². The van der Waals surface area contributed by atoms with Crippen molar-refractivity contribution < 1.29 is 35.3 Å². The molecule has 0 unspecified atom stereocenters. The summed E-state index contributed by atoms with van der Waals surface area (Å²) in [7, 11) is -5.81. The Morgan fingerprint density at radius 3 is 1.94 bits per heavy atom. The highest BCUT2D eigenvalue weighted by atomic mass is 35.5. The van der Waals surface area contributed by atoms with Crippen LogP contribution in [0.25, 0.3) is 0 Å². The number of alkyl halides is 3. The number of hydrogen-bond acceptors (Lipinski definition) is 6. The Balaban J connectivity index is 1.86. The summed E-state index contributed by atoms with van der Waals surface area (Å²) >= 11 is 5.90. The summed E-state index contributed by atoms with van der Waals surface area (Å²) in [5.74, 6) is -0.270. The number of rotatable bonds is 6. The Hall–Kier alpha value is -3.57. The molecule has 7 nitrogen and oxygen atoms in total. The largest absolute Gasteiger partial charge is 0.534 e. The van der Waals surface area contributed by atoms with Crippen molar-refractivity contribution >= 4 is 33.5 Å². The average molecular weight is 499 g/mol. The van der Waals surface area contributed by atoms with Crippen LogP contribution in [-0.4, -0.2) is 25.7 Å². The number of amides is 1. The van der Waals surface area contributed by atoms with Crippen LogP contribution < -0.4 is 14.3 Å². The Bertz CT molecular complexity index is 1250. The molecule has 3 aromatic carbocycles. The summed E-state index contributed by atoms with van der Waals surface area (Å²) in [6.07, 6.45) is -0.885. The fraction of sp³-hybridized carbons (Fsp3) is 0.0476. The van der Waals surface area contributed by atoms with Gasteiger partial charge in [0.1, 0.15) is 11.5 Å². The van der Waals surface area contributed by atoms with Gasteiger partial charge in [0.05, 0.1) is 5.71 Å². The van der Waals surface area contributed by atoms with Gasteiger partial charge in [0, 0.05) is 16.1 Å². The lowest BCUT2D eigenvalue weighted by Crippen LogP contribution is -2.28. The van der Waals surface area contributed by atoms with Crippen molar-refractivity contribution in [2.45, 2.75) is 5.51 Å². The Morgan fingerprint density at radius 2 is 1.39 bits per heavy atom. The van der Waals surface area contributed by atoms with E-state index in [9.17, 15) is 26.4 Å². The number of halogens is 4. The molecule has 0 atom stereocenters. The van der Waals surface area contributed by atoms with Crippen molar-refractivity contribution in [1.29, 1.82) is 0 Å². The van der Waals surface area contributed by atoms with Gasteiger partial charge in [-0.25, -0.2) is 10.2 Å². The highest BCUT2D eigenvalue weighted by molar-refractivity contribution is 7.88. The van der Waals surface area contributed by atoms with Crippen LogP contribution >= 0.6 is 11.6 Å². The molecule has 0 radical (unpaired) electrons. The van der Waals surface area contributed by atoms with Gasteiger partial charge in [0.25, 0.3) is 0 Å². The lowest BCUT2D eigenvalue weighted by atomic mass is 10.0. The molecule has 0 aliphatic heterocycles. The standard InChI is InChI=1S/C21H14ClF3N2O5S/c22-16-10-6-14(7-11-16)19(26-27-20(28)31-17-4-2-1-3-5-17)15-8-12-18(13-9-15)32-33(29,30)21(23,24)25/h1-13H,(H,27,28). The van der Waals surface area contributed by atoms with Crippen LogP contribution in [0, 0.1) is 0 Å². The number of nitrogens with one attached hydrogen (secondary N) is 1. The number of ether oxygens (including phenoxy) is 1. The van der Waals surface area contributed by atoms with E-state index in [1.54, 1.807) is 54.6 Å². The van der Waals surface area contributed by atoms with E-state index in [1.807, 2.05) is 0 Å². The predicted octanol–water partition coefficient (Wildman–Crippen LogP) is 5.11. The van der Waals surface area contributed by atoms with Crippen LogP contribution in [0.2, 0.25) is 5.02 Å². The monoisotopic (exact) mass is 498 g/mol. The second kappa shape index (κ2) is 9.92. The Morgan fingerprint density at radius 1 is 0.848 bits per heavy atom. The van der Waals surface area contributed by atoms with Gasteiger partial charge in [-0.3, -0.25) is 0 Å². The van der Waals surface area contributed by atoms with Crippen LogP contribution in [0.3, 0.4) is 0 Å². The van der Waals surface area contributed by atoms with Gasteiger partial charge in [-0.2, -0.15) is 26.7 Å². The molecule has 1 amide bonds. The zero-order valence-electron chi connectivity index (χ0n) is 16.4. The van der Waals surface area contributed by atoms with Crippen LogP contribution in [0.5, 0.6) is 11.5 Å². The van der Waals surface area contributed by atoms with Crippen LogP contribution in [0.15, 0.2) is 84.0 Å². The summed E-state index contributed by atoms with van der Waals surface area (Å²) in [6, 6.07) is 19.2. The maximum atomic E-state index is 12.5. The van der Waals surface area contributed by atoms with Crippen molar-refractivity contribution in [2.75, 3.05) is 0 Å². The third-order valence-electron chi connectivity index (χ3n) is 3.95. The summed E-state index contributed by atoms with van der Waals surface area (Å²) in [5, 5.41) is 4.48. The van der Waals surface area contributed by atoms with E-state index >= 15 is 0 Å². The highest BCUT2D eigenvalue weighted by Crippen LogP contribution is 2.27. The van der Waals surface area contributed by atoms with Gasteiger partial charge in [-0.15, -0.1) is 0 Å². The first-order chi connectivity index (χ1) is 15.5. The molecule has 0 fully saturated rings.